The molecule has 124 valence electrons. The van der Waals surface area contributed by atoms with Gasteiger partial charge in [0.1, 0.15) is 0 Å². The summed E-state index contributed by atoms with van der Waals surface area (Å²) >= 11 is 0. The van der Waals surface area contributed by atoms with Crippen LogP contribution in [0.3, 0.4) is 0 Å². The minimum Gasteiger partial charge on any atom is -0.282 e. The minimum atomic E-state index is -7.56. The number of carbonyl (C=O) groups excluding carboxylic acids is 2. The Morgan fingerprint density at radius 1 is 0.476 bits per heavy atom. The van der Waals surface area contributed by atoms with Gasteiger partial charge < -0.3 is 0 Å². The van der Waals surface area contributed by atoms with Crippen LogP contribution in [0.2, 0.25) is 0 Å². The summed E-state index contributed by atoms with van der Waals surface area (Å²) in [6.07, 6.45) is -13.5. The van der Waals surface area contributed by atoms with E-state index in [1.807, 2.05) is 0 Å². The van der Waals surface area contributed by atoms with Crippen molar-refractivity contribution >= 4 is 11.6 Å². The van der Waals surface area contributed by atoms with Crippen molar-refractivity contribution < 1.29 is 62.3 Å². The highest BCUT2D eigenvalue weighted by molar-refractivity contribution is 5.96. The van der Waals surface area contributed by atoms with Gasteiger partial charge in [0, 0.05) is 0 Å². The summed E-state index contributed by atoms with van der Waals surface area (Å²) in [4.78, 5) is 19.9. The van der Waals surface area contributed by atoms with Crippen LogP contribution in [0.15, 0.2) is 0 Å². The quantitative estimate of drug-likeness (QED) is 0.735. The number of hydrogen-bond acceptors (Lipinski definition) is 2. The molecule has 0 radical (unpaired) electrons. The molecule has 0 aromatic heterocycles. The zero-order valence-corrected chi connectivity index (χ0v) is 8.85. The van der Waals surface area contributed by atoms with Crippen LogP contribution in [0, 0.1) is 0 Å². The zero-order valence-electron chi connectivity index (χ0n) is 8.85. The first-order valence-corrected chi connectivity index (χ1v) is 4.18. The molecule has 0 bridgehead atoms. The summed E-state index contributed by atoms with van der Waals surface area (Å²) in [6.45, 7) is 0. The summed E-state index contributed by atoms with van der Waals surface area (Å²) < 4.78 is 145. The van der Waals surface area contributed by atoms with E-state index in [0.29, 0.717) is 0 Å². The number of Topliss-reactive ketones (excluding diaryl/α,β-unsaturated/α-hetero) is 2. The number of carbonyl (C=O) groups is 2. The van der Waals surface area contributed by atoms with Crippen LogP contribution in [0.25, 0.3) is 0 Å². The van der Waals surface area contributed by atoms with Gasteiger partial charge in [-0.25, -0.2) is 0 Å². The predicted molar refractivity (Wildman–Crippen MR) is 37.0 cm³/mol. The van der Waals surface area contributed by atoms with Crippen LogP contribution in [0.5, 0.6) is 0 Å². The smallest absolute Gasteiger partial charge is 0.282 e. The van der Waals surface area contributed by atoms with Gasteiger partial charge in [0.25, 0.3) is 0 Å². The number of halogens is 12. The van der Waals surface area contributed by atoms with E-state index in [1.54, 1.807) is 0 Å². The highest BCUT2D eigenvalue weighted by atomic mass is 19.4. The lowest BCUT2D eigenvalue weighted by molar-refractivity contribution is -0.304. The van der Waals surface area contributed by atoms with E-state index in [4.69, 9.17) is 0 Å². The van der Waals surface area contributed by atoms with Gasteiger partial charge in [-0.05, 0) is 0 Å². The van der Waals surface area contributed by atoms with Gasteiger partial charge in [0.05, 0.1) is 0 Å². The van der Waals surface area contributed by atoms with E-state index in [2.05, 4.69) is 0 Å². The van der Waals surface area contributed by atoms with E-state index < -0.39 is 41.7 Å². The molecule has 2 nitrogen and oxygen atoms in total. The van der Waals surface area contributed by atoms with E-state index in [-0.39, 0.29) is 0 Å². The lowest BCUT2D eigenvalue weighted by atomic mass is 9.97. The van der Waals surface area contributed by atoms with Crippen molar-refractivity contribution in [3.05, 3.63) is 0 Å². The molecule has 0 aromatic rings. The molecule has 0 saturated carbocycles. The monoisotopic (exact) mass is 344 g/mol. The molecule has 0 aromatic carbocycles. The second kappa shape index (κ2) is 4.76. The number of rotatable bonds is 4. The maximum Gasteiger partial charge on any atom is 0.456 e. The molecule has 0 heterocycles. The number of hydrogen-bond donors (Lipinski definition) is 0. The predicted octanol–water partition coefficient (Wildman–Crippen LogP) is 3.16. The highest BCUT2D eigenvalue weighted by Crippen LogP contribution is 2.50. The Morgan fingerprint density at radius 3 is 0.810 bits per heavy atom. The minimum absolute atomic E-state index is 4.73. The zero-order chi connectivity index (χ0) is 17.7. The summed E-state index contributed by atoms with van der Waals surface area (Å²) in [7, 11) is 0. The molecule has 0 saturated heterocycles. The van der Waals surface area contributed by atoms with Crippen LogP contribution in [-0.4, -0.2) is 41.7 Å². The van der Waals surface area contributed by atoms with Crippen LogP contribution in [0.4, 0.5) is 52.7 Å². The van der Waals surface area contributed by atoms with Gasteiger partial charge in [-0.1, -0.05) is 0 Å². The van der Waals surface area contributed by atoms with Gasteiger partial charge in [0.2, 0.25) is 0 Å². The Hall–Kier alpha value is -1.50. The molecule has 0 aliphatic rings. The summed E-state index contributed by atoms with van der Waals surface area (Å²) in [5, 5.41) is 0. The first-order chi connectivity index (χ1) is 8.81. The molecule has 0 atom stereocenters. The maximum atomic E-state index is 12.6. The Bertz CT molecular complexity index is 402. The lowest BCUT2D eigenvalue weighted by Gasteiger charge is -2.31. The Balaban J connectivity index is 5.97. The van der Waals surface area contributed by atoms with Gasteiger partial charge >= 0.3 is 41.7 Å². The van der Waals surface area contributed by atoms with E-state index in [9.17, 15) is 62.3 Å². The molecular formula is C7F12O2. The molecule has 0 spiro atoms. The van der Waals surface area contributed by atoms with Crippen molar-refractivity contribution in [2.24, 2.45) is 0 Å². The van der Waals surface area contributed by atoms with Crippen LogP contribution in [-0.2, 0) is 9.59 Å². The standard InChI is InChI=1S/C7F12O2/c8-3(9,1(20)5(12,13)14)7(18,19)4(10,11)2(21)6(15,16)17. The maximum absolute atomic E-state index is 12.6. The average Bonchev–Trinajstić information content (AvgIpc) is 2.23. The summed E-state index contributed by atoms with van der Waals surface area (Å²) in [5.74, 6) is -31.6. The normalized spacial score (nSPS) is 15.0. The number of alkyl halides is 12. The third-order valence-corrected chi connectivity index (χ3v) is 1.87. The molecule has 0 fully saturated rings. The summed E-state index contributed by atoms with van der Waals surface area (Å²) in [5.41, 5.74) is 0. The van der Waals surface area contributed by atoms with Crippen LogP contribution >= 0.6 is 0 Å². The molecular weight excluding hydrogens is 344 g/mol. The van der Waals surface area contributed by atoms with Crippen molar-refractivity contribution in [3.63, 3.8) is 0 Å². The van der Waals surface area contributed by atoms with Crippen LogP contribution in [0.1, 0.15) is 0 Å². The van der Waals surface area contributed by atoms with Gasteiger partial charge in [-0.15, -0.1) is 0 Å². The second-order valence-electron chi connectivity index (χ2n) is 3.38. The largest absolute Gasteiger partial charge is 0.456 e. The van der Waals surface area contributed by atoms with Crippen molar-refractivity contribution in [1.29, 1.82) is 0 Å². The van der Waals surface area contributed by atoms with Crippen LogP contribution < -0.4 is 0 Å². The van der Waals surface area contributed by atoms with E-state index in [1.165, 1.54) is 0 Å². The van der Waals surface area contributed by atoms with Gasteiger partial charge in [-0.2, -0.15) is 52.7 Å². The fraction of sp³-hybridized carbons (Fsp3) is 0.714. The van der Waals surface area contributed by atoms with Gasteiger partial charge in [-0.3, -0.25) is 9.59 Å². The van der Waals surface area contributed by atoms with E-state index in [0.717, 1.165) is 0 Å². The Morgan fingerprint density at radius 2 is 0.667 bits per heavy atom. The fourth-order valence-electron chi connectivity index (χ4n) is 0.838. The molecule has 0 amide bonds. The van der Waals surface area contributed by atoms with Crippen molar-refractivity contribution in [2.45, 2.75) is 30.1 Å². The molecule has 0 rings (SSSR count). The first-order valence-electron chi connectivity index (χ1n) is 4.18. The SMILES string of the molecule is O=C(C(F)(F)F)C(F)(F)C(F)(F)C(F)(F)C(=O)C(F)(F)F. The molecule has 0 aliphatic carbocycles. The molecule has 14 heteroatoms. The lowest BCUT2D eigenvalue weighted by Crippen LogP contribution is -2.65. The van der Waals surface area contributed by atoms with E-state index >= 15 is 0 Å². The third kappa shape index (κ3) is 3.07. The summed E-state index contributed by atoms with van der Waals surface area (Å²) in [6, 6.07) is 0. The second-order valence-corrected chi connectivity index (χ2v) is 3.38. The Labute approximate surface area is 105 Å². The fourth-order valence-corrected chi connectivity index (χ4v) is 0.838. The molecule has 0 N–H and O–H groups in total. The molecule has 21 heavy (non-hydrogen) atoms. The first kappa shape index (κ1) is 19.5. The van der Waals surface area contributed by atoms with Crippen molar-refractivity contribution in [1.82, 2.24) is 0 Å². The number of ketones is 2. The third-order valence-electron chi connectivity index (χ3n) is 1.87. The topological polar surface area (TPSA) is 34.1 Å². The van der Waals surface area contributed by atoms with Crippen molar-refractivity contribution in [2.75, 3.05) is 0 Å². The average molecular weight is 344 g/mol. The molecule has 0 aliphatic heterocycles. The highest BCUT2D eigenvalue weighted by Gasteiger charge is 2.82. The molecule has 0 unspecified atom stereocenters. The van der Waals surface area contributed by atoms with Gasteiger partial charge in [0.15, 0.2) is 0 Å². The van der Waals surface area contributed by atoms with Crippen molar-refractivity contribution in [3.8, 4) is 0 Å². The Kier molecular flexibility index (Phi) is 4.42.